The molecule has 6 heteroatoms. The van der Waals surface area contributed by atoms with Crippen molar-refractivity contribution >= 4 is 17.5 Å². The summed E-state index contributed by atoms with van der Waals surface area (Å²) in [7, 11) is 0. The molecule has 3 aliphatic rings. The molecule has 32 heavy (non-hydrogen) atoms. The number of nitrogens with one attached hydrogen (secondary N) is 1. The molecule has 0 radical (unpaired) electrons. The maximum Gasteiger partial charge on any atom is 0.323 e. The Morgan fingerprint density at radius 3 is 2.78 bits per heavy atom. The molecule has 2 heterocycles. The van der Waals surface area contributed by atoms with Crippen LogP contribution in [0.5, 0.6) is 5.75 Å². The molecule has 6 nitrogen and oxygen atoms in total. The Kier molecular flexibility index (Phi) is 5.55. The lowest BCUT2D eigenvalue weighted by molar-refractivity contribution is -0.144. The number of hydrogen-bond donors (Lipinski definition) is 1. The molecular weight excluding hydrogens is 406 g/mol. The standard InChI is InChI=1S/C26H27NO5/c1-2-15-8-22(27-12-15)26(30)32-14-24(29)17-6-7-19-18(9-17)13-31-25-11-20-16(10-21(19)25)4-3-5-23(20)28/h6-7,9-11,15,22,27H,2-5,8,12-14H2,1H3/t15-,22?/m0/s1. The number of hydrogen-bond acceptors (Lipinski definition) is 6. The van der Waals surface area contributed by atoms with Crippen LogP contribution in [0.1, 0.15) is 64.4 Å². The Morgan fingerprint density at radius 2 is 1.97 bits per heavy atom. The molecule has 0 spiro atoms. The van der Waals surface area contributed by atoms with Crippen molar-refractivity contribution < 1.29 is 23.9 Å². The molecule has 2 aromatic rings. The largest absolute Gasteiger partial charge is 0.488 e. The van der Waals surface area contributed by atoms with Gasteiger partial charge in [0.1, 0.15) is 18.4 Å². The Bertz CT molecular complexity index is 1110. The van der Waals surface area contributed by atoms with Crippen LogP contribution in [0.3, 0.4) is 0 Å². The summed E-state index contributed by atoms with van der Waals surface area (Å²) in [5.74, 6) is 0.790. The van der Waals surface area contributed by atoms with Gasteiger partial charge in [-0.05, 0) is 66.6 Å². The average molecular weight is 434 g/mol. The van der Waals surface area contributed by atoms with E-state index in [0.29, 0.717) is 30.3 Å². The molecule has 0 saturated carbocycles. The number of ether oxygens (including phenoxy) is 2. The zero-order chi connectivity index (χ0) is 22.2. The van der Waals surface area contributed by atoms with Gasteiger partial charge in [-0.3, -0.25) is 14.4 Å². The normalized spacial score (nSPS) is 21.2. The predicted octanol–water partition coefficient (Wildman–Crippen LogP) is 3.88. The van der Waals surface area contributed by atoms with Gasteiger partial charge in [-0.2, -0.15) is 0 Å². The van der Waals surface area contributed by atoms with E-state index >= 15 is 0 Å². The van der Waals surface area contributed by atoms with E-state index in [1.807, 2.05) is 18.2 Å². The number of carbonyl (C=O) groups is 3. The molecule has 1 saturated heterocycles. The number of Topliss-reactive ketones (excluding diaryl/α,β-unsaturated/α-hetero) is 2. The fourth-order valence-corrected chi connectivity index (χ4v) is 4.92. The van der Waals surface area contributed by atoms with Crippen molar-refractivity contribution in [2.75, 3.05) is 13.2 Å². The summed E-state index contributed by atoms with van der Waals surface area (Å²) < 4.78 is 11.2. The molecule has 1 aliphatic carbocycles. The van der Waals surface area contributed by atoms with Crippen molar-refractivity contribution in [2.24, 2.45) is 5.92 Å². The van der Waals surface area contributed by atoms with E-state index in [4.69, 9.17) is 9.47 Å². The summed E-state index contributed by atoms with van der Waals surface area (Å²) in [6.45, 7) is 2.99. The van der Waals surface area contributed by atoms with E-state index in [1.165, 1.54) is 0 Å². The second kappa shape index (κ2) is 8.51. The van der Waals surface area contributed by atoms with Gasteiger partial charge in [-0.15, -0.1) is 0 Å². The first-order valence-corrected chi connectivity index (χ1v) is 11.4. The SMILES string of the molecule is CC[C@@H]1CNC(C(=O)OCC(=O)c2ccc3c(c2)COc2cc4c(cc2-3)CCCC4=O)C1. The highest BCUT2D eigenvalue weighted by Crippen LogP contribution is 2.41. The van der Waals surface area contributed by atoms with Gasteiger partial charge >= 0.3 is 5.97 Å². The highest BCUT2D eigenvalue weighted by atomic mass is 16.5. The van der Waals surface area contributed by atoms with Gasteiger partial charge in [0.25, 0.3) is 0 Å². The summed E-state index contributed by atoms with van der Waals surface area (Å²) >= 11 is 0. The first kappa shape index (κ1) is 20.9. The molecule has 0 aromatic heterocycles. The van der Waals surface area contributed by atoms with Crippen molar-refractivity contribution in [3.05, 3.63) is 52.6 Å². The van der Waals surface area contributed by atoms with E-state index in [1.54, 1.807) is 6.07 Å². The van der Waals surface area contributed by atoms with Crippen molar-refractivity contribution in [2.45, 2.75) is 51.7 Å². The highest BCUT2D eigenvalue weighted by Gasteiger charge is 2.30. The fourth-order valence-electron chi connectivity index (χ4n) is 4.92. The number of rotatable bonds is 5. The van der Waals surface area contributed by atoms with Gasteiger partial charge in [-0.25, -0.2) is 0 Å². The smallest absolute Gasteiger partial charge is 0.323 e. The van der Waals surface area contributed by atoms with Gasteiger partial charge in [-0.1, -0.05) is 25.5 Å². The van der Waals surface area contributed by atoms with Crippen LogP contribution >= 0.6 is 0 Å². The molecular formula is C26H27NO5. The molecule has 1 unspecified atom stereocenters. The van der Waals surface area contributed by atoms with Gasteiger partial charge in [0.05, 0.1) is 0 Å². The van der Waals surface area contributed by atoms with Gasteiger partial charge in [0.15, 0.2) is 18.2 Å². The molecule has 2 aliphatic heterocycles. The topological polar surface area (TPSA) is 81.7 Å². The van der Waals surface area contributed by atoms with Gasteiger partial charge < -0.3 is 14.8 Å². The number of benzene rings is 2. The molecule has 166 valence electrons. The lowest BCUT2D eigenvalue weighted by atomic mass is 9.86. The summed E-state index contributed by atoms with van der Waals surface area (Å²) in [6, 6.07) is 9.12. The number of ketones is 2. The number of aryl methyl sites for hydroxylation is 1. The van der Waals surface area contributed by atoms with E-state index < -0.39 is 0 Å². The van der Waals surface area contributed by atoms with Crippen LogP contribution in [-0.4, -0.2) is 36.7 Å². The minimum absolute atomic E-state index is 0.178. The summed E-state index contributed by atoms with van der Waals surface area (Å²) in [6.07, 6.45) is 4.14. The Labute approximate surface area is 187 Å². The minimum Gasteiger partial charge on any atom is -0.488 e. The first-order valence-electron chi connectivity index (χ1n) is 11.4. The van der Waals surface area contributed by atoms with E-state index in [2.05, 4.69) is 18.3 Å². The Balaban J connectivity index is 1.30. The predicted molar refractivity (Wildman–Crippen MR) is 119 cm³/mol. The van der Waals surface area contributed by atoms with Crippen LogP contribution in [0.4, 0.5) is 0 Å². The van der Waals surface area contributed by atoms with Crippen LogP contribution in [0.25, 0.3) is 11.1 Å². The molecule has 0 amide bonds. The second-order valence-corrected chi connectivity index (χ2v) is 8.94. The van der Waals surface area contributed by atoms with Crippen LogP contribution < -0.4 is 10.1 Å². The van der Waals surface area contributed by atoms with E-state index in [0.717, 1.165) is 60.0 Å². The van der Waals surface area contributed by atoms with Crippen molar-refractivity contribution in [3.63, 3.8) is 0 Å². The zero-order valence-corrected chi connectivity index (χ0v) is 18.2. The summed E-state index contributed by atoms with van der Waals surface area (Å²) in [5.41, 5.74) is 5.23. The highest BCUT2D eigenvalue weighted by molar-refractivity contribution is 6.01. The lowest BCUT2D eigenvalue weighted by Crippen LogP contribution is -2.33. The summed E-state index contributed by atoms with van der Waals surface area (Å²) in [5, 5.41) is 3.17. The van der Waals surface area contributed by atoms with Crippen molar-refractivity contribution in [3.8, 4) is 16.9 Å². The zero-order valence-electron chi connectivity index (χ0n) is 18.2. The maximum atomic E-state index is 12.7. The van der Waals surface area contributed by atoms with Crippen molar-refractivity contribution in [1.29, 1.82) is 0 Å². The van der Waals surface area contributed by atoms with Crippen LogP contribution in [0, 0.1) is 5.92 Å². The van der Waals surface area contributed by atoms with Gasteiger partial charge in [0, 0.05) is 23.1 Å². The minimum atomic E-state index is -0.358. The number of fused-ring (bicyclic) bond motifs is 4. The third-order valence-corrected chi connectivity index (χ3v) is 6.89. The van der Waals surface area contributed by atoms with Crippen LogP contribution in [0.15, 0.2) is 30.3 Å². The number of carbonyl (C=O) groups excluding carboxylic acids is 3. The van der Waals surface area contributed by atoms with Crippen molar-refractivity contribution in [1.82, 2.24) is 5.32 Å². The third-order valence-electron chi connectivity index (χ3n) is 6.89. The molecule has 0 bridgehead atoms. The second-order valence-electron chi connectivity index (χ2n) is 8.94. The van der Waals surface area contributed by atoms with E-state index in [9.17, 15) is 14.4 Å². The molecule has 5 rings (SSSR count). The number of esters is 1. The first-order chi connectivity index (χ1) is 15.5. The Hall–Kier alpha value is -2.99. The lowest BCUT2D eigenvalue weighted by Gasteiger charge is -2.25. The molecule has 1 fully saturated rings. The monoisotopic (exact) mass is 433 g/mol. The third kappa shape index (κ3) is 3.84. The molecule has 2 aromatic carbocycles. The van der Waals surface area contributed by atoms with Crippen LogP contribution in [-0.2, 0) is 22.6 Å². The van der Waals surface area contributed by atoms with Gasteiger partial charge in [0.2, 0.25) is 0 Å². The molecule has 1 N–H and O–H groups in total. The fraction of sp³-hybridized carbons (Fsp3) is 0.423. The average Bonchev–Trinajstić information content (AvgIpc) is 3.31. The quantitative estimate of drug-likeness (QED) is 0.569. The molecule has 2 atom stereocenters. The maximum absolute atomic E-state index is 12.7. The Morgan fingerprint density at radius 1 is 1.09 bits per heavy atom. The van der Waals surface area contributed by atoms with Crippen LogP contribution in [0.2, 0.25) is 0 Å². The van der Waals surface area contributed by atoms with E-state index in [-0.39, 0.29) is 30.2 Å². The summed E-state index contributed by atoms with van der Waals surface area (Å²) in [4.78, 5) is 37.2.